The first-order valence-electron chi connectivity index (χ1n) is 9.38. The van der Waals surface area contributed by atoms with Gasteiger partial charge >= 0.3 is 0 Å². The lowest BCUT2D eigenvalue weighted by Crippen LogP contribution is -2.35. The number of nitrogens with zero attached hydrogens (tertiary/aromatic N) is 4. The summed E-state index contributed by atoms with van der Waals surface area (Å²) in [6, 6.07) is 7.72. The average molecular weight is 409 g/mol. The number of carbonyl (C=O) groups is 1. The monoisotopic (exact) mass is 409 g/mol. The number of rotatable bonds is 5. The summed E-state index contributed by atoms with van der Waals surface area (Å²) in [4.78, 5) is 29.3. The van der Waals surface area contributed by atoms with Crippen LogP contribution < -0.4 is 11.0 Å². The van der Waals surface area contributed by atoms with E-state index in [-0.39, 0.29) is 24.2 Å². The molecule has 0 radical (unpaired) electrons. The molecule has 154 valence electrons. The Morgan fingerprint density at radius 1 is 1.23 bits per heavy atom. The van der Waals surface area contributed by atoms with E-state index >= 15 is 0 Å². The van der Waals surface area contributed by atoms with Crippen LogP contribution >= 0.6 is 0 Å². The third-order valence-corrected chi connectivity index (χ3v) is 4.75. The second-order valence-electron chi connectivity index (χ2n) is 7.18. The zero-order chi connectivity index (χ0) is 21.4. The van der Waals surface area contributed by atoms with Gasteiger partial charge in [0, 0.05) is 25.4 Å². The molecule has 0 bridgehead atoms. The van der Waals surface area contributed by atoms with Gasteiger partial charge in [-0.3, -0.25) is 15.0 Å². The van der Waals surface area contributed by atoms with Gasteiger partial charge in [0.15, 0.2) is 5.65 Å². The highest BCUT2D eigenvalue weighted by molar-refractivity contribution is 5.88. The number of hydrogen-bond acceptors (Lipinski definition) is 5. The van der Waals surface area contributed by atoms with Crippen LogP contribution in [0, 0.1) is 11.7 Å². The van der Waals surface area contributed by atoms with E-state index in [2.05, 4.69) is 15.5 Å². The lowest BCUT2D eigenvalue weighted by Gasteiger charge is -2.11. The lowest BCUT2D eigenvalue weighted by molar-refractivity contribution is -0.119. The summed E-state index contributed by atoms with van der Waals surface area (Å²) in [7, 11) is 1.56. The summed E-state index contributed by atoms with van der Waals surface area (Å²) < 4.78 is 21.4. The highest BCUT2D eigenvalue weighted by Gasteiger charge is 2.19. The minimum absolute atomic E-state index is 0.221. The van der Waals surface area contributed by atoms with Gasteiger partial charge in [-0.25, -0.2) is 18.6 Å². The molecule has 0 unspecified atom stereocenters. The van der Waals surface area contributed by atoms with Crippen molar-refractivity contribution < 1.29 is 13.9 Å². The molecule has 3 heterocycles. The van der Waals surface area contributed by atoms with E-state index in [4.69, 9.17) is 4.74 Å². The Kier molecular flexibility index (Phi) is 5.04. The van der Waals surface area contributed by atoms with Crippen LogP contribution in [0.1, 0.15) is 19.5 Å². The zero-order valence-corrected chi connectivity index (χ0v) is 16.7. The number of aromatic nitrogens is 4. The second kappa shape index (κ2) is 7.68. The van der Waals surface area contributed by atoms with Crippen LogP contribution in [0.5, 0.6) is 0 Å². The Labute approximate surface area is 170 Å². The van der Waals surface area contributed by atoms with Crippen molar-refractivity contribution in [3.63, 3.8) is 0 Å². The number of pyridine rings is 1. The molecule has 0 saturated heterocycles. The maximum absolute atomic E-state index is 13.4. The average Bonchev–Trinajstić information content (AvgIpc) is 3.09. The molecule has 9 heteroatoms. The number of methoxy groups -OCH3 is 1. The molecule has 0 saturated carbocycles. The van der Waals surface area contributed by atoms with Gasteiger partial charge in [-0.15, -0.1) is 0 Å². The van der Waals surface area contributed by atoms with E-state index in [1.165, 1.54) is 24.5 Å². The molecule has 0 spiro atoms. The van der Waals surface area contributed by atoms with Gasteiger partial charge in [-0.1, -0.05) is 26.0 Å². The van der Waals surface area contributed by atoms with Crippen molar-refractivity contribution in [3.8, 4) is 11.1 Å². The van der Waals surface area contributed by atoms with E-state index < -0.39 is 5.56 Å². The molecule has 0 fully saturated rings. The number of hydrogen-bond donors (Lipinski definition) is 1. The van der Waals surface area contributed by atoms with E-state index in [9.17, 15) is 14.0 Å². The molecule has 1 N–H and O–H groups in total. The molecule has 3 aromatic heterocycles. The standard InChI is InChI=1S/C21H20FN5O3/c1-12(2)20(28)25-26-9-8-17-15(21(26)29)10-23-19-18(13-4-6-14(22)7-5-13)16(11-30-3)24-27(17)19/h4-10,12H,11H2,1-3H3,(H,25,28). The number of fused-ring (bicyclic) bond motifs is 3. The van der Waals surface area contributed by atoms with Crippen molar-refractivity contribution in [2.75, 3.05) is 12.5 Å². The summed E-state index contributed by atoms with van der Waals surface area (Å²) in [6.45, 7) is 3.70. The quantitative estimate of drug-likeness (QED) is 0.547. The highest BCUT2D eigenvalue weighted by atomic mass is 19.1. The number of halogens is 1. The van der Waals surface area contributed by atoms with Gasteiger partial charge in [0.05, 0.1) is 28.8 Å². The summed E-state index contributed by atoms with van der Waals surface area (Å²) in [5.74, 6) is -0.884. The molecule has 0 aliphatic carbocycles. The van der Waals surface area contributed by atoms with E-state index in [0.29, 0.717) is 27.8 Å². The van der Waals surface area contributed by atoms with Crippen molar-refractivity contribution in [1.29, 1.82) is 0 Å². The van der Waals surface area contributed by atoms with Crippen LogP contribution in [0.3, 0.4) is 0 Å². The maximum atomic E-state index is 13.4. The van der Waals surface area contributed by atoms with Crippen molar-refractivity contribution in [2.45, 2.75) is 20.5 Å². The minimum Gasteiger partial charge on any atom is -0.378 e. The molecule has 8 nitrogen and oxygen atoms in total. The Hall–Kier alpha value is -3.59. The summed E-state index contributed by atoms with van der Waals surface area (Å²) in [5, 5.41) is 4.89. The molecule has 1 amide bonds. The summed E-state index contributed by atoms with van der Waals surface area (Å²) in [6.07, 6.45) is 2.94. The Morgan fingerprint density at radius 3 is 2.63 bits per heavy atom. The molecular weight excluding hydrogens is 389 g/mol. The van der Waals surface area contributed by atoms with Crippen molar-refractivity contribution >= 4 is 22.5 Å². The van der Waals surface area contributed by atoms with Gasteiger partial charge in [0.2, 0.25) is 5.91 Å². The van der Waals surface area contributed by atoms with Crippen molar-refractivity contribution in [3.05, 3.63) is 64.6 Å². The van der Waals surface area contributed by atoms with Gasteiger partial charge in [-0.05, 0) is 23.8 Å². The number of ether oxygens (including phenoxy) is 1. The number of amides is 1. The van der Waals surface area contributed by atoms with Crippen LogP contribution in [0.2, 0.25) is 0 Å². The number of carbonyl (C=O) groups excluding carboxylic acids is 1. The number of nitrogens with one attached hydrogen (secondary N) is 1. The predicted molar refractivity (Wildman–Crippen MR) is 110 cm³/mol. The topological polar surface area (TPSA) is 90.5 Å². The zero-order valence-electron chi connectivity index (χ0n) is 16.7. The first kappa shape index (κ1) is 19.7. The highest BCUT2D eigenvalue weighted by Crippen LogP contribution is 2.29. The van der Waals surface area contributed by atoms with E-state index in [1.54, 1.807) is 43.7 Å². The minimum atomic E-state index is -0.414. The fourth-order valence-corrected chi connectivity index (χ4v) is 3.20. The van der Waals surface area contributed by atoms with Gasteiger partial charge in [-0.2, -0.15) is 5.10 Å². The SMILES string of the molecule is COCc1nn2c(ncc3c(=O)n(NC(=O)C(C)C)ccc32)c1-c1ccc(F)cc1. The third kappa shape index (κ3) is 3.33. The third-order valence-electron chi connectivity index (χ3n) is 4.75. The van der Waals surface area contributed by atoms with Gasteiger partial charge in [0.1, 0.15) is 5.82 Å². The Balaban J connectivity index is 1.93. The fraction of sp³-hybridized carbons (Fsp3) is 0.238. The fourth-order valence-electron chi connectivity index (χ4n) is 3.20. The first-order valence-corrected chi connectivity index (χ1v) is 9.38. The lowest BCUT2D eigenvalue weighted by atomic mass is 10.1. The van der Waals surface area contributed by atoms with E-state index in [1.807, 2.05) is 0 Å². The predicted octanol–water partition coefficient (Wildman–Crippen LogP) is 2.72. The van der Waals surface area contributed by atoms with Crippen molar-refractivity contribution in [2.24, 2.45) is 5.92 Å². The Morgan fingerprint density at radius 2 is 1.97 bits per heavy atom. The molecular formula is C21H20FN5O3. The largest absolute Gasteiger partial charge is 0.378 e. The van der Waals surface area contributed by atoms with Crippen LogP contribution in [0.15, 0.2) is 47.5 Å². The van der Waals surface area contributed by atoms with Crippen LogP contribution in [0.4, 0.5) is 4.39 Å². The molecule has 4 aromatic rings. The molecule has 30 heavy (non-hydrogen) atoms. The number of benzene rings is 1. The van der Waals surface area contributed by atoms with Gasteiger partial charge in [0.25, 0.3) is 5.56 Å². The molecule has 0 aliphatic heterocycles. The summed E-state index contributed by atoms with van der Waals surface area (Å²) >= 11 is 0. The van der Waals surface area contributed by atoms with E-state index in [0.717, 1.165) is 10.2 Å². The van der Waals surface area contributed by atoms with Crippen LogP contribution in [0.25, 0.3) is 27.7 Å². The van der Waals surface area contributed by atoms with Crippen LogP contribution in [-0.2, 0) is 16.1 Å². The maximum Gasteiger partial charge on any atom is 0.280 e. The van der Waals surface area contributed by atoms with Crippen molar-refractivity contribution in [1.82, 2.24) is 19.3 Å². The smallest absolute Gasteiger partial charge is 0.280 e. The summed E-state index contributed by atoms with van der Waals surface area (Å²) in [5.41, 5.74) is 5.26. The van der Waals surface area contributed by atoms with Gasteiger partial charge < -0.3 is 4.74 Å². The first-order chi connectivity index (χ1) is 14.4. The molecule has 1 aromatic carbocycles. The van der Waals surface area contributed by atoms with Crippen LogP contribution in [-0.4, -0.2) is 32.3 Å². The molecule has 4 rings (SSSR count). The second-order valence-corrected chi connectivity index (χ2v) is 7.18. The Bertz CT molecular complexity index is 1310. The molecule has 0 atom stereocenters. The molecule has 0 aliphatic rings. The normalized spacial score (nSPS) is 11.5.